The lowest BCUT2D eigenvalue weighted by molar-refractivity contribution is -0.145. The molecule has 1 aromatic carbocycles. The molecule has 1 rings (SSSR count). The molecule has 1 amide bonds. The molecular weight excluding hydrogens is 256 g/mol. The van der Waals surface area contributed by atoms with Crippen LogP contribution in [0.3, 0.4) is 0 Å². The van der Waals surface area contributed by atoms with Gasteiger partial charge in [0.1, 0.15) is 6.04 Å². The first-order valence-corrected chi connectivity index (χ1v) is 6.73. The maximum Gasteiger partial charge on any atom is 0.328 e. The normalized spacial score (nSPS) is 13.3. The first-order valence-electron chi connectivity index (χ1n) is 6.73. The van der Waals surface area contributed by atoms with E-state index < -0.39 is 12.0 Å². The van der Waals surface area contributed by atoms with Gasteiger partial charge in [-0.2, -0.15) is 0 Å². The molecule has 1 aromatic rings. The van der Waals surface area contributed by atoms with Crippen LogP contribution < -0.4 is 11.1 Å². The molecule has 110 valence electrons. The molecule has 0 saturated carbocycles. The van der Waals surface area contributed by atoms with Gasteiger partial charge in [0, 0.05) is 18.9 Å². The van der Waals surface area contributed by atoms with Crippen LogP contribution in [0.2, 0.25) is 0 Å². The summed E-state index contributed by atoms with van der Waals surface area (Å²) in [5, 5.41) is 2.69. The van der Waals surface area contributed by atoms with E-state index >= 15 is 0 Å². The summed E-state index contributed by atoms with van der Waals surface area (Å²) in [7, 11) is 1.31. The van der Waals surface area contributed by atoms with E-state index in [1.165, 1.54) is 7.11 Å². The van der Waals surface area contributed by atoms with Crippen molar-refractivity contribution in [1.82, 2.24) is 5.32 Å². The van der Waals surface area contributed by atoms with Crippen molar-refractivity contribution in [1.29, 1.82) is 0 Å². The van der Waals surface area contributed by atoms with Crippen molar-refractivity contribution in [3.05, 3.63) is 35.9 Å². The van der Waals surface area contributed by atoms with Gasteiger partial charge in [-0.3, -0.25) is 4.79 Å². The molecule has 0 fully saturated rings. The maximum absolute atomic E-state index is 11.8. The van der Waals surface area contributed by atoms with Crippen molar-refractivity contribution in [2.24, 2.45) is 5.73 Å². The molecule has 3 N–H and O–H groups in total. The highest BCUT2D eigenvalue weighted by Gasteiger charge is 2.22. The van der Waals surface area contributed by atoms with Crippen LogP contribution in [-0.4, -0.2) is 31.1 Å². The maximum atomic E-state index is 11.8. The van der Waals surface area contributed by atoms with Gasteiger partial charge in [0.15, 0.2) is 0 Å². The fourth-order valence-corrected chi connectivity index (χ4v) is 1.82. The standard InChI is InChI=1S/C15H22N2O3/c1-3-12(16)10-14(18)17-13(15(19)20-2)9-11-7-5-4-6-8-11/h4-8,12-13H,3,9-10,16H2,1-2H3,(H,17,18). The minimum Gasteiger partial charge on any atom is -0.467 e. The number of ether oxygens (including phenoxy) is 1. The quantitative estimate of drug-likeness (QED) is 0.729. The van der Waals surface area contributed by atoms with Crippen LogP contribution in [-0.2, 0) is 20.7 Å². The van der Waals surface area contributed by atoms with Crippen LogP contribution in [0.5, 0.6) is 0 Å². The van der Waals surface area contributed by atoms with Gasteiger partial charge in [0.2, 0.25) is 5.91 Å². The van der Waals surface area contributed by atoms with E-state index in [1.807, 2.05) is 37.3 Å². The SMILES string of the molecule is CCC(N)CC(=O)NC(Cc1ccccc1)C(=O)OC. The van der Waals surface area contributed by atoms with Crippen molar-refractivity contribution < 1.29 is 14.3 Å². The molecule has 2 unspecified atom stereocenters. The van der Waals surface area contributed by atoms with E-state index in [9.17, 15) is 9.59 Å². The topological polar surface area (TPSA) is 81.4 Å². The molecule has 0 bridgehead atoms. The van der Waals surface area contributed by atoms with Crippen LogP contribution in [0.15, 0.2) is 30.3 Å². The van der Waals surface area contributed by atoms with Crippen molar-refractivity contribution in [3.63, 3.8) is 0 Å². The molecule has 0 aliphatic carbocycles. The van der Waals surface area contributed by atoms with Gasteiger partial charge in [-0.1, -0.05) is 37.3 Å². The van der Waals surface area contributed by atoms with Gasteiger partial charge in [0.25, 0.3) is 0 Å². The number of nitrogens with one attached hydrogen (secondary N) is 1. The second-order valence-electron chi connectivity index (χ2n) is 4.71. The molecule has 0 spiro atoms. The Kier molecular flexibility index (Phi) is 6.73. The predicted octanol–water partition coefficient (Wildman–Crippen LogP) is 1.01. The largest absolute Gasteiger partial charge is 0.467 e. The number of nitrogens with two attached hydrogens (primary N) is 1. The zero-order chi connectivity index (χ0) is 15.0. The van der Waals surface area contributed by atoms with Crippen molar-refractivity contribution in [2.75, 3.05) is 7.11 Å². The van der Waals surface area contributed by atoms with E-state index in [0.29, 0.717) is 6.42 Å². The van der Waals surface area contributed by atoms with Gasteiger partial charge in [-0.05, 0) is 12.0 Å². The highest BCUT2D eigenvalue weighted by atomic mass is 16.5. The predicted molar refractivity (Wildman–Crippen MR) is 77.0 cm³/mol. The highest BCUT2D eigenvalue weighted by molar-refractivity contribution is 5.84. The molecule has 5 heteroatoms. The lowest BCUT2D eigenvalue weighted by Crippen LogP contribution is -2.44. The van der Waals surface area contributed by atoms with Crippen LogP contribution in [0.1, 0.15) is 25.3 Å². The van der Waals surface area contributed by atoms with Gasteiger partial charge >= 0.3 is 5.97 Å². The molecule has 0 aromatic heterocycles. The van der Waals surface area contributed by atoms with Crippen LogP contribution in [0.4, 0.5) is 0 Å². The van der Waals surface area contributed by atoms with Crippen LogP contribution >= 0.6 is 0 Å². The molecule has 0 saturated heterocycles. The summed E-state index contributed by atoms with van der Waals surface area (Å²) >= 11 is 0. The Morgan fingerprint density at radius 3 is 2.50 bits per heavy atom. The number of carbonyl (C=O) groups excluding carboxylic acids is 2. The second-order valence-corrected chi connectivity index (χ2v) is 4.71. The zero-order valence-electron chi connectivity index (χ0n) is 12.0. The molecule has 0 radical (unpaired) electrons. The Labute approximate surface area is 119 Å². The summed E-state index contributed by atoms with van der Waals surface area (Å²) in [5.41, 5.74) is 6.69. The Morgan fingerprint density at radius 1 is 1.30 bits per heavy atom. The fraction of sp³-hybridized carbons (Fsp3) is 0.467. The van der Waals surface area contributed by atoms with Crippen molar-refractivity contribution >= 4 is 11.9 Å². The van der Waals surface area contributed by atoms with Gasteiger partial charge in [-0.25, -0.2) is 4.79 Å². The van der Waals surface area contributed by atoms with E-state index in [-0.39, 0.29) is 18.4 Å². The number of amides is 1. The number of hydrogen-bond acceptors (Lipinski definition) is 4. The summed E-state index contributed by atoms with van der Waals surface area (Å²) in [5.74, 6) is -0.682. The number of carbonyl (C=O) groups is 2. The third-order valence-corrected chi connectivity index (χ3v) is 3.08. The summed E-state index contributed by atoms with van der Waals surface area (Å²) in [4.78, 5) is 23.6. The van der Waals surface area contributed by atoms with Crippen molar-refractivity contribution in [3.8, 4) is 0 Å². The summed E-state index contributed by atoms with van der Waals surface area (Å²) < 4.78 is 4.73. The van der Waals surface area contributed by atoms with E-state index in [4.69, 9.17) is 10.5 Å². The lowest BCUT2D eigenvalue weighted by atomic mass is 10.1. The smallest absolute Gasteiger partial charge is 0.328 e. The summed E-state index contributed by atoms with van der Waals surface area (Å²) in [6.07, 6.45) is 1.33. The third-order valence-electron chi connectivity index (χ3n) is 3.08. The molecule has 0 heterocycles. The molecule has 2 atom stereocenters. The number of methoxy groups -OCH3 is 1. The minimum absolute atomic E-state index is 0.190. The lowest BCUT2D eigenvalue weighted by Gasteiger charge is -2.17. The Bertz CT molecular complexity index is 434. The van der Waals surface area contributed by atoms with Crippen molar-refractivity contribution in [2.45, 2.75) is 38.3 Å². The number of hydrogen-bond donors (Lipinski definition) is 2. The average molecular weight is 278 g/mol. The van der Waals surface area contributed by atoms with E-state index in [1.54, 1.807) is 0 Å². The molecule has 0 aliphatic rings. The first-order chi connectivity index (χ1) is 9.56. The monoisotopic (exact) mass is 278 g/mol. The summed E-state index contributed by atoms with van der Waals surface area (Å²) in [6.45, 7) is 1.92. The van der Waals surface area contributed by atoms with Crippen LogP contribution in [0, 0.1) is 0 Å². The zero-order valence-corrected chi connectivity index (χ0v) is 12.0. The number of esters is 1. The van der Waals surface area contributed by atoms with Crippen LogP contribution in [0.25, 0.3) is 0 Å². The number of rotatable bonds is 7. The van der Waals surface area contributed by atoms with E-state index in [0.717, 1.165) is 12.0 Å². The Balaban J connectivity index is 2.65. The molecular formula is C15H22N2O3. The average Bonchev–Trinajstić information content (AvgIpc) is 2.46. The van der Waals surface area contributed by atoms with E-state index in [2.05, 4.69) is 5.32 Å². The number of benzene rings is 1. The Morgan fingerprint density at radius 2 is 1.95 bits per heavy atom. The highest BCUT2D eigenvalue weighted by Crippen LogP contribution is 2.05. The van der Waals surface area contributed by atoms with Gasteiger partial charge < -0.3 is 15.8 Å². The first kappa shape index (κ1) is 16.2. The van der Waals surface area contributed by atoms with Gasteiger partial charge in [-0.15, -0.1) is 0 Å². The minimum atomic E-state index is -0.682. The fourth-order valence-electron chi connectivity index (χ4n) is 1.82. The summed E-state index contributed by atoms with van der Waals surface area (Å²) in [6, 6.07) is 8.61. The molecule has 5 nitrogen and oxygen atoms in total. The third kappa shape index (κ3) is 5.40. The Hall–Kier alpha value is -1.88. The second kappa shape index (κ2) is 8.32. The van der Waals surface area contributed by atoms with Gasteiger partial charge in [0.05, 0.1) is 7.11 Å². The molecule has 20 heavy (non-hydrogen) atoms. The molecule has 0 aliphatic heterocycles.